The number of rotatable bonds is 7. The average molecular weight is 417 g/mol. The maximum absolute atomic E-state index is 13.0. The fraction of sp³-hybridized carbons (Fsp3) is 0.150. The van der Waals surface area contributed by atoms with Crippen molar-refractivity contribution in [2.45, 2.75) is 13.0 Å². The zero-order valence-electron chi connectivity index (χ0n) is 14.6. The van der Waals surface area contributed by atoms with Crippen LogP contribution in [-0.2, 0) is 16.2 Å². The first-order valence-corrected chi connectivity index (χ1v) is 9.59. The summed E-state index contributed by atoms with van der Waals surface area (Å²) in [6, 6.07) is 13.3. The van der Waals surface area contributed by atoms with Crippen LogP contribution in [-0.4, -0.2) is 32.7 Å². The number of carboxylic acids is 1. The number of thioether (sulfide) groups is 1. The van der Waals surface area contributed by atoms with Gasteiger partial charge in [-0.1, -0.05) is 48.2 Å². The van der Waals surface area contributed by atoms with Gasteiger partial charge in [0.2, 0.25) is 0 Å². The predicted octanol–water partition coefficient (Wildman–Crippen LogP) is 4.08. The normalized spacial score (nSPS) is 15.3. The molecule has 0 radical (unpaired) electrons. The second kappa shape index (κ2) is 8.99. The minimum Gasteiger partial charge on any atom is -0.489 e. The van der Waals surface area contributed by atoms with Crippen molar-refractivity contribution in [2.75, 3.05) is 6.54 Å². The van der Waals surface area contributed by atoms with E-state index < -0.39 is 5.97 Å². The molecule has 144 valence electrons. The van der Waals surface area contributed by atoms with Crippen LogP contribution >= 0.6 is 24.0 Å². The molecule has 0 saturated carbocycles. The van der Waals surface area contributed by atoms with Gasteiger partial charge in [-0.2, -0.15) is 0 Å². The Hall–Kier alpha value is -2.71. The number of aliphatic carboxylic acids is 1. The lowest BCUT2D eigenvalue weighted by atomic mass is 10.2. The van der Waals surface area contributed by atoms with E-state index in [1.54, 1.807) is 36.4 Å². The zero-order chi connectivity index (χ0) is 20.1. The monoisotopic (exact) mass is 417 g/mol. The summed E-state index contributed by atoms with van der Waals surface area (Å²) < 4.78 is 19.0. The molecule has 0 spiro atoms. The topological polar surface area (TPSA) is 66.8 Å². The molecule has 1 aliphatic rings. The van der Waals surface area contributed by atoms with Crippen LogP contribution < -0.4 is 4.74 Å². The largest absolute Gasteiger partial charge is 0.489 e. The van der Waals surface area contributed by atoms with Gasteiger partial charge in [-0.25, -0.2) is 4.39 Å². The number of nitrogens with zero attached hydrogens (tertiary/aromatic N) is 1. The summed E-state index contributed by atoms with van der Waals surface area (Å²) in [4.78, 5) is 24.9. The van der Waals surface area contributed by atoms with Crippen LogP contribution in [0.5, 0.6) is 5.75 Å². The van der Waals surface area contributed by atoms with E-state index >= 15 is 0 Å². The molecule has 8 heteroatoms. The molecule has 0 unspecified atom stereocenters. The van der Waals surface area contributed by atoms with Crippen molar-refractivity contribution in [1.82, 2.24) is 4.90 Å². The molecule has 1 N–H and O–H groups in total. The molecule has 1 fully saturated rings. The third kappa shape index (κ3) is 5.17. The van der Waals surface area contributed by atoms with Gasteiger partial charge in [-0.15, -0.1) is 0 Å². The summed E-state index contributed by atoms with van der Waals surface area (Å²) in [7, 11) is 0. The van der Waals surface area contributed by atoms with Crippen molar-refractivity contribution in [3.63, 3.8) is 0 Å². The summed E-state index contributed by atoms with van der Waals surface area (Å²) >= 11 is 6.32. The molecule has 1 aliphatic heterocycles. The molecular weight excluding hydrogens is 401 g/mol. The predicted molar refractivity (Wildman–Crippen MR) is 109 cm³/mol. The minimum absolute atomic E-state index is 0.0537. The van der Waals surface area contributed by atoms with Crippen molar-refractivity contribution in [1.29, 1.82) is 0 Å². The Morgan fingerprint density at radius 3 is 2.71 bits per heavy atom. The number of hydrogen-bond acceptors (Lipinski definition) is 5. The zero-order valence-corrected chi connectivity index (χ0v) is 16.3. The van der Waals surface area contributed by atoms with Crippen LogP contribution in [0, 0.1) is 5.82 Å². The van der Waals surface area contributed by atoms with Crippen LogP contribution in [0.15, 0.2) is 53.4 Å². The Morgan fingerprint density at radius 2 is 2.00 bits per heavy atom. The van der Waals surface area contributed by atoms with Gasteiger partial charge in [-0.3, -0.25) is 14.5 Å². The molecule has 28 heavy (non-hydrogen) atoms. The highest BCUT2D eigenvalue weighted by atomic mass is 32.2. The molecule has 0 atom stereocenters. The SMILES string of the molecule is O=C(O)CCN1C(=O)/C(=C\c2cccc(OCc3ccc(F)cc3)c2)SC1=S. The Bertz CT molecular complexity index is 943. The number of carbonyl (C=O) groups excluding carboxylic acids is 1. The van der Waals surface area contributed by atoms with Crippen LogP contribution in [0.4, 0.5) is 4.39 Å². The molecule has 1 saturated heterocycles. The first-order valence-electron chi connectivity index (χ1n) is 8.37. The molecule has 5 nitrogen and oxygen atoms in total. The number of carboxylic acid groups (broad SMARTS) is 1. The fourth-order valence-corrected chi connectivity index (χ4v) is 3.80. The van der Waals surface area contributed by atoms with Gasteiger partial charge >= 0.3 is 5.97 Å². The van der Waals surface area contributed by atoms with E-state index in [0.717, 1.165) is 22.9 Å². The van der Waals surface area contributed by atoms with Gasteiger partial charge in [0.15, 0.2) is 0 Å². The van der Waals surface area contributed by atoms with Crippen LogP contribution in [0.25, 0.3) is 6.08 Å². The Balaban J connectivity index is 1.68. The van der Waals surface area contributed by atoms with Crippen LogP contribution in [0.3, 0.4) is 0 Å². The summed E-state index contributed by atoms with van der Waals surface area (Å²) in [5, 5.41) is 8.79. The maximum Gasteiger partial charge on any atom is 0.305 e. The number of amides is 1. The lowest BCUT2D eigenvalue weighted by molar-refractivity contribution is -0.137. The Morgan fingerprint density at radius 1 is 1.25 bits per heavy atom. The summed E-state index contributed by atoms with van der Waals surface area (Å²) in [6.45, 7) is 0.346. The maximum atomic E-state index is 13.0. The molecule has 0 aliphatic carbocycles. The number of carbonyl (C=O) groups is 2. The quantitative estimate of drug-likeness (QED) is 0.541. The summed E-state index contributed by atoms with van der Waals surface area (Å²) in [5.41, 5.74) is 1.60. The second-order valence-corrected chi connectivity index (χ2v) is 7.64. The Kier molecular flexibility index (Phi) is 6.43. The van der Waals surface area contributed by atoms with Gasteiger partial charge in [0.1, 0.15) is 22.5 Å². The van der Waals surface area contributed by atoms with Crippen molar-refractivity contribution in [3.8, 4) is 5.75 Å². The van der Waals surface area contributed by atoms with Crippen LogP contribution in [0.2, 0.25) is 0 Å². The number of hydrogen-bond donors (Lipinski definition) is 1. The third-order valence-electron chi connectivity index (χ3n) is 3.90. The van der Waals surface area contributed by atoms with E-state index in [1.807, 2.05) is 6.07 Å². The highest BCUT2D eigenvalue weighted by Gasteiger charge is 2.32. The van der Waals surface area contributed by atoms with Gasteiger partial charge in [0, 0.05) is 6.54 Å². The van der Waals surface area contributed by atoms with Crippen molar-refractivity contribution >= 4 is 46.3 Å². The van der Waals surface area contributed by atoms with E-state index in [1.165, 1.54) is 17.0 Å². The molecule has 2 aromatic carbocycles. The third-order valence-corrected chi connectivity index (χ3v) is 5.28. The number of thiocarbonyl (C=S) groups is 1. The average Bonchev–Trinajstić information content (AvgIpc) is 2.93. The van der Waals surface area contributed by atoms with Crippen LogP contribution in [0.1, 0.15) is 17.5 Å². The van der Waals surface area contributed by atoms with E-state index in [9.17, 15) is 14.0 Å². The van der Waals surface area contributed by atoms with Crippen molar-refractivity contribution in [2.24, 2.45) is 0 Å². The molecule has 2 aromatic rings. The van der Waals surface area contributed by atoms with Gasteiger partial charge in [0.25, 0.3) is 5.91 Å². The summed E-state index contributed by atoms with van der Waals surface area (Å²) in [6.07, 6.45) is 1.54. The van der Waals surface area contributed by atoms with Gasteiger partial charge < -0.3 is 9.84 Å². The standard InChI is InChI=1S/C20H16FNO4S2/c21-15-6-4-13(5-7-15)12-26-16-3-1-2-14(10-16)11-17-19(25)22(20(27)28-17)9-8-18(23)24/h1-7,10-11H,8-9,12H2,(H,23,24)/b17-11+. The highest BCUT2D eigenvalue weighted by molar-refractivity contribution is 8.26. The molecule has 0 bridgehead atoms. The highest BCUT2D eigenvalue weighted by Crippen LogP contribution is 2.33. The van der Waals surface area contributed by atoms with Crippen molar-refractivity contribution in [3.05, 3.63) is 70.4 Å². The first-order chi connectivity index (χ1) is 13.4. The number of benzene rings is 2. The molecular formula is C20H16FNO4S2. The van der Waals surface area contributed by atoms with E-state index in [4.69, 9.17) is 22.1 Å². The first kappa shape index (κ1) is 20.0. The van der Waals surface area contributed by atoms with E-state index in [0.29, 0.717) is 21.6 Å². The number of ether oxygens (including phenoxy) is 1. The molecule has 0 aromatic heterocycles. The van der Waals surface area contributed by atoms with E-state index in [2.05, 4.69) is 0 Å². The minimum atomic E-state index is -0.982. The second-order valence-electron chi connectivity index (χ2n) is 5.96. The van der Waals surface area contributed by atoms with Gasteiger partial charge in [0.05, 0.1) is 11.3 Å². The fourth-order valence-electron chi connectivity index (χ4n) is 2.49. The molecule has 3 rings (SSSR count). The van der Waals surface area contributed by atoms with Gasteiger partial charge in [-0.05, 0) is 41.5 Å². The lowest BCUT2D eigenvalue weighted by Crippen LogP contribution is -2.30. The smallest absolute Gasteiger partial charge is 0.305 e. The van der Waals surface area contributed by atoms with E-state index in [-0.39, 0.29) is 24.7 Å². The Labute approximate surface area is 170 Å². The molecule has 1 amide bonds. The summed E-state index contributed by atoms with van der Waals surface area (Å²) in [5.74, 6) is -0.969. The lowest BCUT2D eigenvalue weighted by Gasteiger charge is -2.12. The number of halogens is 1. The van der Waals surface area contributed by atoms with Crippen molar-refractivity contribution < 1.29 is 23.8 Å². The molecule has 1 heterocycles.